The van der Waals surface area contributed by atoms with E-state index in [9.17, 15) is 0 Å². The minimum atomic E-state index is 0.648. The summed E-state index contributed by atoms with van der Waals surface area (Å²) in [5, 5.41) is 3.20. The number of hydrogen-bond acceptors (Lipinski definition) is 7. The molecule has 0 saturated carbocycles. The zero-order valence-electron chi connectivity index (χ0n) is 13.3. The molecule has 1 aliphatic heterocycles. The second-order valence-corrected chi connectivity index (χ2v) is 4.91. The van der Waals surface area contributed by atoms with Crippen LogP contribution in [-0.2, 0) is 4.74 Å². The fourth-order valence-electron chi connectivity index (χ4n) is 2.33. The predicted molar refractivity (Wildman–Crippen MR) is 85.2 cm³/mol. The van der Waals surface area contributed by atoms with Crippen molar-refractivity contribution >= 4 is 17.8 Å². The van der Waals surface area contributed by atoms with Crippen LogP contribution in [0.2, 0.25) is 0 Å². The number of anilines is 3. The largest absolute Gasteiger partial charge is 0.380 e. The zero-order chi connectivity index (χ0) is 15.1. The summed E-state index contributed by atoms with van der Waals surface area (Å²) in [5.41, 5.74) is 0. The van der Waals surface area contributed by atoms with Crippen molar-refractivity contribution < 1.29 is 4.74 Å². The molecule has 1 N–H and O–H groups in total. The molecular formula is C14H26N6O. The highest BCUT2D eigenvalue weighted by atomic mass is 16.5. The van der Waals surface area contributed by atoms with Gasteiger partial charge in [-0.1, -0.05) is 0 Å². The molecule has 0 radical (unpaired) electrons. The van der Waals surface area contributed by atoms with E-state index in [0.29, 0.717) is 5.95 Å². The van der Waals surface area contributed by atoms with E-state index in [1.165, 1.54) is 0 Å². The van der Waals surface area contributed by atoms with Crippen LogP contribution in [0, 0.1) is 0 Å². The lowest BCUT2D eigenvalue weighted by atomic mass is 10.4. The fraction of sp³-hybridized carbons (Fsp3) is 0.786. The first-order valence-corrected chi connectivity index (χ1v) is 7.86. The summed E-state index contributed by atoms with van der Waals surface area (Å²) < 4.78 is 5.51. The monoisotopic (exact) mass is 294 g/mol. The van der Waals surface area contributed by atoms with Crippen LogP contribution in [0.3, 0.4) is 0 Å². The molecule has 0 aliphatic carbocycles. The molecule has 0 unspecified atom stereocenters. The van der Waals surface area contributed by atoms with Crippen LogP contribution >= 0.6 is 0 Å². The molecule has 0 bridgehead atoms. The van der Waals surface area contributed by atoms with Gasteiger partial charge in [-0.15, -0.1) is 0 Å². The highest BCUT2D eigenvalue weighted by Gasteiger charge is 2.17. The van der Waals surface area contributed by atoms with E-state index in [0.717, 1.165) is 64.3 Å². The molecule has 1 aromatic heterocycles. The minimum absolute atomic E-state index is 0.648. The lowest BCUT2D eigenvalue weighted by Gasteiger charge is -2.24. The van der Waals surface area contributed by atoms with Gasteiger partial charge in [0.05, 0.1) is 6.61 Å². The van der Waals surface area contributed by atoms with Gasteiger partial charge in [0, 0.05) is 39.3 Å². The number of hydrogen-bond donors (Lipinski definition) is 1. The first kappa shape index (κ1) is 15.8. The molecule has 1 saturated heterocycles. The first-order valence-electron chi connectivity index (χ1n) is 7.86. The van der Waals surface area contributed by atoms with Gasteiger partial charge in [-0.05, 0) is 27.2 Å². The van der Waals surface area contributed by atoms with E-state index in [1.807, 2.05) is 6.92 Å². The van der Waals surface area contributed by atoms with E-state index in [2.05, 4.69) is 43.9 Å². The second-order valence-electron chi connectivity index (χ2n) is 4.91. The molecule has 0 spiro atoms. The average molecular weight is 294 g/mol. The molecule has 21 heavy (non-hydrogen) atoms. The third kappa shape index (κ3) is 4.17. The molecule has 0 aromatic carbocycles. The van der Waals surface area contributed by atoms with Gasteiger partial charge < -0.3 is 19.9 Å². The summed E-state index contributed by atoms with van der Waals surface area (Å²) in [6.07, 6.45) is 1.00. The molecule has 0 amide bonds. The summed E-state index contributed by atoms with van der Waals surface area (Å²) in [5.74, 6) is 2.13. The Bertz CT molecular complexity index is 429. The molecule has 2 heterocycles. The maximum atomic E-state index is 5.51. The van der Waals surface area contributed by atoms with Crippen LogP contribution in [0.15, 0.2) is 0 Å². The van der Waals surface area contributed by atoms with Gasteiger partial charge in [0.15, 0.2) is 0 Å². The lowest BCUT2D eigenvalue weighted by Crippen LogP contribution is -2.31. The SMILES string of the molecule is CCNc1nc(N(CC)CC)nc(N2CCCOCC2)n1. The Labute approximate surface area is 126 Å². The van der Waals surface area contributed by atoms with Gasteiger partial charge in [-0.25, -0.2) is 0 Å². The molecule has 0 atom stereocenters. The first-order chi connectivity index (χ1) is 10.3. The summed E-state index contributed by atoms with van der Waals surface area (Å²) in [6.45, 7) is 12.1. The van der Waals surface area contributed by atoms with Crippen molar-refractivity contribution in [2.75, 3.05) is 61.1 Å². The maximum absolute atomic E-state index is 5.51. The van der Waals surface area contributed by atoms with Crippen molar-refractivity contribution in [1.29, 1.82) is 0 Å². The van der Waals surface area contributed by atoms with Gasteiger partial charge in [0.25, 0.3) is 0 Å². The lowest BCUT2D eigenvalue weighted by molar-refractivity contribution is 0.152. The Balaban J connectivity index is 2.29. The average Bonchev–Trinajstić information content (AvgIpc) is 2.78. The van der Waals surface area contributed by atoms with Gasteiger partial charge in [-0.3, -0.25) is 0 Å². The Hall–Kier alpha value is -1.63. The van der Waals surface area contributed by atoms with E-state index in [1.54, 1.807) is 0 Å². The minimum Gasteiger partial charge on any atom is -0.380 e. The normalized spacial score (nSPS) is 15.7. The molecule has 118 valence electrons. The Kier molecular flexibility index (Phi) is 5.98. The number of ether oxygens (including phenoxy) is 1. The zero-order valence-corrected chi connectivity index (χ0v) is 13.3. The maximum Gasteiger partial charge on any atom is 0.232 e. The Morgan fingerprint density at radius 2 is 1.90 bits per heavy atom. The van der Waals surface area contributed by atoms with Crippen molar-refractivity contribution in [2.24, 2.45) is 0 Å². The molecule has 2 rings (SSSR count). The molecule has 7 heteroatoms. The third-order valence-corrected chi connectivity index (χ3v) is 3.50. The summed E-state index contributed by atoms with van der Waals surface area (Å²) in [4.78, 5) is 18.0. The van der Waals surface area contributed by atoms with Crippen molar-refractivity contribution in [3.63, 3.8) is 0 Å². The van der Waals surface area contributed by atoms with Crippen LogP contribution < -0.4 is 15.1 Å². The molecule has 1 fully saturated rings. The van der Waals surface area contributed by atoms with E-state index in [4.69, 9.17) is 4.74 Å². The number of rotatable bonds is 6. The standard InChI is InChI=1S/C14H26N6O/c1-4-15-12-16-13(19(5-2)6-3)18-14(17-12)20-8-7-10-21-11-9-20/h4-11H2,1-3H3,(H,15,16,17,18). The van der Waals surface area contributed by atoms with Crippen LogP contribution in [0.25, 0.3) is 0 Å². The van der Waals surface area contributed by atoms with Crippen molar-refractivity contribution in [1.82, 2.24) is 15.0 Å². The van der Waals surface area contributed by atoms with Crippen LogP contribution in [0.5, 0.6) is 0 Å². The van der Waals surface area contributed by atoms with Crippen molar-refractivity contribution in [2.45, 2.75) is 27.2 Å². The quantitative estimate of drug-likeness (QED) is 0.850. The van der Waals surface area contributed by atoms with Crippen molar-refractivity contribution in [3.05, 3.63) is 0 Å². The van der Waals surface area contributed by atoms with E-state index >= 15 is 0 Å². The van der Waals surface area contributed by atoms with Crippen LogP contribution in [0.4, 0.5) is 17.8 Å². The van der Waals surface area contributed by atoms with Gasteiger partial charge in [-0.2, -0.15) is 15.0 Å². The number of nitrogens with one attached hydrogen (secondary N) is 1. The third-order valence-electron chi connectivity index (χ3n) is 3.50. The second kappa shape index (κ2) is 7.97. The van der Waals surface area contributed by atoms with Gasteiger partial charge in [0.2, 0.25) is 17.8 Å². The summed E-state index contributed by atoms with van der Waals surface area (Å²) >= 11 is 0. The van der Waals surface area contributed by atoms with Gasteiger partial charge >= 0.3 is 0 Å². The summed E-state index contributed by atoms with van der Waals surface area (Å²) in [6, 6.07) is 0. The molecule has 1 aromatic rings. The smallest absolute Gasteiger partial charge is 0.232 e. The van der Waals surface area contributed by atoms with Crippen LogP contribution in [-0.4, -0.2) is 60.9 Å². The molecule has 1 aliphatic rings. The summed E-state index contributed by atoms with van der Waals surface area (Å²) in [7, 11) is 0. The highest BCUT2D eigenvalue weighted by Crippen LogP contribution is 2.17. The van der Waals surface area contributed by atoms with Crippen LogP contribution in [0.1, 0.15) is 27.2 Å². The van der Waals surface area contributed by atoms with Crippen molar-refractivity contribution in [3.8, 4) is 0 Å². The predicted octanol–water partition coefficient (Wildman–Crippen LogP) is 1.38. The topological polar surface area (TPSA) is 66.4 Å². The Morgan fingerprint density at radius 3 is 2.62 bits per heavy atom. The number of aromatic nitrogens is 3. The molecular weight excluding hydrogens is 268 g/mol. The fourth-order valence-corrected chi connectivity index (χ4v) is 2.33. The van der Waals surface area contributed by atoms with Gasteiger partial charge in [0.1, 0.15) is 0 Å². The highest BCUT2D eigenvalue weighted by molar-refractivity contribution is 5.45. The number of nitrogens with zero attached hydrogens (tertiary/aromatic N) is 5. The molecule has 7 nitrogen and oxygen atoms in total. The van der Waals surface area contributed by atoms with E-state index in [-0.39, 0.29) is 0 Å². The Morgan fingerprint density at radius 1 is 1.10 bits per heavy atom. The van der Waals surface area contributed by atoms with E-state index < -0.39 is 0 Å².